The average molecular weight is 289 g/mol. The van der Waals surface area contributed by atoms with Gasteiger partial charge in [-0.1, -0.05) is 18.2 Å². The van der Waals surface area contributed by atoms with Gasteiger partial charge in [0.2, 0.25) is 0 Å². The number of hydrogen-bond acceptors (Lipinski definition) is 5. The Morgan fingerprint density at radius 2 is 2.10 bits per heavy atom. The number of hydrogen-bond donors (Lipinski definition) is 1. The van der Waals surface area contributed by atoms with Crippen LogP contribution in [0.1, 0.15) is 10.4 Å². The first kappa shape index (κ1) is 14.6. The topological polar surface area (TPSA) is 51.4 Å². The Bertz CT molecular complexity index is 551. The number of anilines is 1. The monoisotopic (exact) mass is 289 g/mol. The van der Waals surface area contributed by atoms with Gasteiger partial charge in [0.1, 0.15) is 5.75 Å². The fourth-order valence-corrected chi connectivity index (χ4v) is 2.70. The molecule has 1 aromatic carbocycles. The SMILES string of the molecule is C=CCN(Cc1ccc(OC)cc1)Cc1cnc(N)s1. The number of nitrogens with two attached hydrogens (primary N) is 1. The largest absolute Gasteiger partial charge is 0.497 e. The summed E-state index contributed by atoms with van der Waals surface area (Å²) in [7, 11) is 1.67. The second kappa shape index (κ2) is 7.07. The average Bonchev–Trinajstić information content (AvgIpc) is 2.85. The zero-order chi connectivity index (χ0) is 14.4. The molecule has 0 saturated carbocycles. The number of ether oxygens (including phenoxy) is 1. The molecule has 0 saturated heterocycles. The van der Waals surface area contributed by atoms with Crippen LogP contribution >= 0.6 is 11.3 Å². The molecule has 0 bridgehead atoms. The molecule has 2 aromatic rings. The van der Waals surface area contributed by atoms with Crippen molar-refractivity contribution in [1.82, 2.24) is 9.88 Å². The maximum Gasteiger partial charge on any atom is 0.180 e. The number of nitrogens with zero attached hydrogens (tertiary/aromatic N) is 2. The third-order valence-corrected chi connectivity index (χ3v) is 3.71. The molecule has 0 aliphatic carbocycles. The van der Waals surface area contributed by atoms with Crippen molar-refractivity contribution in [1.29, 1.82) is 0 Å². The van der Waals surface area contributed by atoms with Crippen LogP contribution in [0.5, 0.6) is 5.75 Å². The van der Waals surface area contributed by atoms with Crippen molar-refractivity contribution in [3.63, 3.8) is 0 Å². The highest BCUT2D eigenvalue weighted by Gasteiger charge is 2.08. The Morgan fingerprint density at radius 3 is 2.65 bits per heavy atom. The smallest absolute Gasteiger partial charge is 0.180 e. The molecule has 0 unspecified atom stereocenters. The highest BCUT2D eigenvalue weighted by molar-refractivity contribution is 7.15. The molecule has 0 radical (unpaired) electrons. The van der Waals surface area contributed by atoms with Crippen LogP contribution in [0.2, 0.25) is 0 Å². The number of nitrogen functional groups attached to an aromatic ring is 1. The van der Waals surface area contributed by atoms with Crippen molar-refractivity contribution in [2.45, 2.75) is 13.1 Å². The Labute approximate surface area is 123 Å². The maximum absolute atomic E-state index is 5.67. The van der Waals surface area contributed by atoms with Gasteiger partial charge in [0.05, 0.1) is 7.11 Å². The lowest BCUT2D eigenvalue weighted by Gasteiger charge is -2.19. The molecule has 0 atom stereocenters. The van der Waals surface area contributed by atoms with Gasteiger partial charge in [-0.2, -0.15) is 0 Å². The van der Waals surface area contributed by atoms with Crippen LogP contribution in [-0.4, -0.2) is 23.5 Å². The van der Waals surface area contributed by atoms with Gasteiger partial charge in [0.25, 0.3) is 0 Å². The second-order valence-electron chi connectivity index (χ2n) is 4.47. The summed E-state index contributed by atoms with van der Waals surface area (Å²) in [6.07, 6.45) is 3.75. The van der Waals surface area contributed by atoms with Gasteiger partial charge in [-0.05, 0) is 17.7 Å². The number of benzene rings is 1. The molecule has 0 aliphatic heterocycles. The summed E-state index contributed by atoms with van der Waals surface area (Å²) < 4.78 is 5.17. The zero-order valence-corrected chi connectivity index (χ0v) is 12.4. The van der Waals surface area contributed by atoms with E-state index < -0.39 is 0 Å². The number of thiazole rings is 1. The first-order valence-corrected chi connectivity index (χ1v) is 7.19. The first-order valence-electron chi connectivity index (χ1n) is 6.37. The van der Waals surface area contributed by atoms with E-state index in [4.69, 9.17) is 10.5 Å². The van der Waals surface area contributed by atoms with Crippen LogP contribution in [0.3, 0.4) is 0 Å². The van der Waals surface area contributed by atoms with E-state index >= 15 is 0 Å². The van der Waals surface area contributed by atoms with E-state index in [1.54, 1.807) is 7.11 Å². The van der Waals surface area contributed by atoms with Crippen molar-refractivity contribution in [3.05, 3.63) is 53.6 Å². The van der Waals surface area contributed by atoms with Gasteiger partial charge in [-0.3, -0.25) is 4.90 Å². The highest BCUT2D eigenvalue weighted by Crippen LogP contribution is 2.19. The maximum atomic E-state index is 5.67. The van der Waals surface area contributed by atoms with Crippen LogP contribution in [0.15, 0.2) is 43.1 Å². The van der Waals surface area contributed by atoms with Crippen molar-refractivity contribution >= 4 is 16.5 Å². The predicted octanol–water partition coefficient (Wildman–Crippen LogP) is 2.92. The molecular weight excluding hydrogens is 270 g/mol. The van der Waals surface area contributed by atoms with Gasteiger partial charge in [-0.15, -0.1) is 17.9 Å². The minimum atomic E-state index is 0.614. The van der Waals surface area contributed by atoms with Crippen LogP contribution in [0.25, 0.3) is 0 Å². The third kappa shape index (κ3) is 4.08. The van der Waals surface area contributed by atoms with E-state index in [2.05, 4.69) is 28.6 Å². The third-order valence-electron chi connectivity index (χ3n) is 2.90. The molecule has 0 aliphatic rings. The van der Waals surface area contributed by atoms with Crippen LogP contribution < -0.4 is 10.5 Å². The standard InChI is InChI=1S/C15H19N3OS/c1-3-8-18(11-14-9-17-15(16)20-14)10-12-4-6-13(19-2)7-5-12/h3-7,9H,1,8,10-11H2,2H3,(H2,16,17). The Kier molecular flexibility index (Phi) is 5.15. The van der Waals surface area contributed by atoms with Gasteiger partial charge < -0.3 is 10.5 Å². The first-order chi connectivity index (χ1) is 9.71. The van der Waals surface area contributed by atoms with Gasteiger partial charge >= 0.3 is 0 Å². The molecule has 2 N–H and O–H groups in total. The normalized spacial score (nSPS) is 10.7. The van der Waals surface area contributed by atoms with Crippen molar-refractivity contribution in [3.8, 4) is 5.75 Å². The van der Waals surface area contributed by atoms with Crippen LogP contribution in [0, 0.1) is 0 Å². The molecule has 20 heavy (non-hydrogen) atoms. The lowest BCUT2D eigenvalue weighted by Crippen LogP contribution is -2.22. The summed E-state index contributed by atoms with van der Waals surface area (Å²) in [5.41, 5.74) is 6.91. The van der Waals surface area contributed by atoms with E-state index in [0.717, 1.165) is 30.3 Å². The Morgan fingerprint density at radius 1 is 1.35 bits per heavy atom. The second-order valence-corrected chi connectivity index (χ2v) is 5.62. The molecule has 1 aromatic heterocycles. The minimum Gasteiger partial charge on any atom is -0.497 e. The van der Waals surface area contributed by atoms with E-state index in [0.29, 0.717) is 5.13 Å². The van der Waals surface area contributed by atoms with E-state index in [1.807, 2.05) is 24.4 Å². The van der Waals surface area contributed by atoms with E-state index in [9.17, 15) is 0 Å². The van der Waals surface area contributed by atoms with Gasteiger partial charge in [0, 0.05) is 30.7 Å². The molecule has 106 valence electrons. The summed E-state index contributed by atoms with van der Waals surface area (Å²) in [6, 6.07) is 8.12. The molecule has 2 rings (SSSR count). The van der Waals surface area contributed by atoms with Gasteiger partial charge in [0.15, 0.2) is 5.13 Å². The number of rotatable bonds is 7. The molecule has 1 heterocycles. The number of methoxy groups -OCH3 is 1. The summed E-state index contributed by atoms with van der Waals surface area (Å²) >= 11 is 1.53. The summed E-state index contributed by atoms with van der Waals surface area (Å²) in [4.78, 5) is 7.54. The molecular formula is C15H19N3OS. The quantitative estimate of drug-likeness (QED) is 0.796. The van der Waals surface area contributed by atoms with Crippen molar-refractivity contribution < 1.29 is 4.74 Å². The fourth-order valence-electron chi connectivity index (χ4n) is 1.97. The highest BCUT2D eigenvalue weighted by atomic mass is 32.1. The molecule has 0 fully saturated rings. The Hall–Kier alpha value is -1.85. The van der Waals surface area contributed by atoms with Crippen LogP contribution in [-0.2, 0) is 13.1 Å². The van der Waals surface area contributed by atoms with Crippen molar-refractivity contribution in [2.75, 3.05) is 19.4 Å². The lowest BCUT2D eigenvalue weighted by molar-refractivity contribution is 0.288. The molecule has 4 nitrogen and oxygen atoms in total. The zero-order valence-electron chi connectivity index (χ0n) is 11.6. The van der Waals surface area contributed by atoms with E-state index in [1.165, 1.54) is 16.9 Å². The molecule has 0 spiro atoms. The summed E-state index contributed by atoms with van der Waals surface area (Å²) in [6.45, 7) is 6.32. The fraction of sp³-hybridized carbons (Fsp3) is 0.267. The lowest BCUT2D eigenvalue weighted by atomic mass is 10.2. The van der Waals surface area contributed by atoms with E-state index in [-0.39, 0.29) is 0 Å². The summed E-state index contributed by atoms with van der Waals surface area (Å²) in [5.74, 6) is 0.874. The van der Waals surface area contributed by atoms with Gasteiger partial charge in [-0.25, -0.2) is 4.98 Å². The molecule has 5 heteroatoms. The van der Waals surface area contributed by atoms with Crippen molar-refractivity contribution in [2.24, 2.45) is 0 Å². The summed E-state index contributed by atoms with van der Waals surface area (Å²) in [5, 5.41) is 0.614. The van der Waals surface area contributed by atoms with Crippen LogP contribution in [0.4, 0.5) is 5.13 Å². The molecule has 0 amide bonds. The number of aromatic nitrogens is 1. The Balaban J connectivity index is 2.02. The minimum absolute atomic E-state index is 0.614. The predicted molar refractivity (Wildman–Crippen MR) is 83.8 cm³/mol.